The lowest BCUT2D eigenvalue weighted by Crippen LogP contribution is -1.98. The number of hydrogen-bond donors (Lipinski definition) is 0. The quantitative estimate of drug-likeness (QED) is 0.545. The van der Waals surface area contributed by atoms with Crippen molar-refractivity contribution in [3.8, 4) is 5.69 Å². The highest BCUT2D eigenvalue weighted by atomic mass is 16.6. The first-order valence-corrected chi connectivity index (χ1v) is 6.50. The Morgan fingerprint density at radius 3 is 2.41 bits per heavy atom. The van der Waals surface area contributed by atoms with E-state index in [2.05, 4.69) is 15.5 Å². The van der Waals surface area contributed by atoms with E-state index in [1.54, 1.807) is 29.0 Å². The number of para-hydroxylation sites is 1. The lowest BCUT2D eigenvalue weighted by Gasteiger charge is -2.00. The molecule has 0 bridgehead atoms. The van der Waals surface area contributed by atoms with Crippen LogP contribution in [0.15, 0.2) is 54.6 Å². The molecule has 0 saturated heterocycles. The Morgan fingerprint density at radius 2 is 1.73 bits per heavy atom. The fourth-order valence-corrected chi connectivity index (χ4v) is 1.93. The van der Waals surface area contributed by atoms with Gasteiger partial charge in [0.1, 0.15) is 0 Å². The van der Waals surface area contributed by atoms with Gasteiger partial charge in [-0.3, -0.25) is 10.1 Å². The van der Waals surface area contributed by atoms with Gasteiger partial charge in [0, 0.05) is 12.1 Å². The predicted molar refractivity (Wildman–Crippen MR) is 81.2 cm³/mol. The Hall–Kier alpha value is -3.35. The minimum absolute atomic E-state index is 0.0614. The van der Waals surface area contributed by atoms with Crippen molar-refractivity contribution >= 4 is 17.8 Å². The number of hydrogen-bond acceptors (Lipinski definition) is 5. The molecule has 0 aliphatic carbocycles. The Labute approximate surface area is 125 Å². The molecule has 22 heavy (non-hydrogen) atoms. The Bertz CT molecular complexity index is 809. The molecule has 1 aromatic heterocycles. The minimum Gasteiger partial charge on any atom is -0.258 e. The van der Waals surface area contributed by atoms with E-state index in [-0.39, 0.29) is 5.69 Å². The first-order chi connectivity index (χ1) is 10.7. The molecule has 0 amide bonds. The van der Waals surface area contributed by atoms with Crippen LogP contribution < -0.4 is 0 Å². The van der Waals surface area contributed by atoms with Crippen molar-refractivity contribution < 1.29 is 4.92 Å². The van der Waals surface area contributed by atoms with Crippen molar-refractivity contribution in [2.75, 3.05) is 0 Å². The summed E-state index contributed by atoms with van der Waals surface area (Å²) < 4.78 is 1.61. The van der Waals surface area contributed by atoms with Gasteiger partial charge in [-0.25, -0.2) is 0 Å². The first-order valence-electron chi connectivity index (χ1n) is 6.50. The zero-order chi connectivity index (χ0) is 15.4. The van der Waals surface area contributed by atoms with Gasteiger partial charge in [0.05, 0.1) is 10.6 Å². The molecule has 108 valence electrons. The standard InChI is InChI=1S/C15H11N5O2/c21-20(22)14-9-6-12(7-10-14)8-11-15-16-17-18-19(15)13-4-2-1-3-5-13/h1-11H/b11-8+. The molecule has 0 saturated carbocycles. The number of nitro benzene ring substituents is 1. The Balaban J connectivity index is 1.85. The molecule has 3 rings (SSSR count). The van der Waals surface area contributed by atoms with Crippen molar-refractivity contribution in [2.45, 2.75) is 0 Å². The largest absolute Gasteiger partial charge is 0.269 e. The van der Waals surface area contributed by atoms with Gasteiger partial charge in [-0.05, 0) is 46.3 Å². The van der Waals surface area contributed by atoms with Gasteiger partial charge in [-0.15, -0.1) is 5.10 Å². The van der Waals surface area contributed by atoms with Gasteiger partial charge in [-0.2, -0.15) is 4.68 Å². The highest BCUT2D eigenvalue weighted by Gasteiger charge is 2.05. The summed E-state index contributed by atoms with van der Waals surface area (Å²) in [6, 6.07) is 15.8. The molecular weight excluding hydrogens is 282 g/mol. The summed E-state index contributed by atoms with van der Waals surface area (Å²) in [6.45, 7) is 0. The number of nitro groups is 1. The van der Waals surface area contributed by atoms with Gasteiger partial charge < -0.3 is 0 Å². The lowest BCUT2D eigenvalue weighted by molar-refractivity contribution is -0.384. The van der Waals surface area contributed by atoms with E-state index in [1.165, 1.54) is 12.1 Å². The number of benzene rings is 2. The van der Waals surface area contributed by atoms with Gasteiger partial charge in [0.25, 0.3) is 5.69 Å². The summed E-state index contributed by atoms with van der Waals surface area (Å²) in [7, 11) is 0. The maximum absolute atomic E-state index is 10.6. The average molecular weight is 293 g/mol. The molecule has 0 radical (unpaired) electrons. The van der Waals surface area contributed by atoms with Crippen molar-refractivity contribution in [1.82, 2.24) is 20.2 Å². The highest BCUT2D eigenvalue weighted by molar-refractivity contribution is 5.67. The smallest absolute Gasteiger partial charge is 0.258 e. The summed E-state index contributed by atoms with van der Waals surface area (Å²) in [5.74, 6) is 0.574. The molecule has 0 unspecified atom stereocenters. The number of non-ortho nitro benzene ring substituents is 1. The Morgan fingerprint density at radius 1 is 1.00 bits per heavy atom. The van der Waals surface area contributed by atoms with Crippen LogP contribution in [0, 0.1) is 10.1 Å². The third kappa shape index (κ3) is 2.88. The van der Waals surface area contributed by atoms with E-state index in [0.29, 0.717) is 5.82 Å². The van der Waals surface area contributed by atoms with Crippen molar-refractivity contribution in [3.05, 3.63) is 76.1 Å². The summed E-state index contributed by atoms with van der Waals surface area (Å²) in [6.07, 6.45) is 3.56. The second kappa shape index (κ2) is 5.96. The molecule has 3 aromatic rings. The molecule has 7 heteroatoms. The Kier molecular flexibility index (Phi) is 3.69. The first kappa shape index (κ1) is 13.6. The summed E-state index contributed by atoms with van der Waals surface area (Å²) in [5.41, 5.74) is 1.75. The number of nitrogens with zero attached hydrogens (tertiary/aromatic N) is 5. The molecule has 0 N–H and O–H groups in total. The molecule has 0 fully saturated rings. The fraction of sp³-hybridized carbons (Fsp3) is 0. The summed E-state index contributed by atoms with van der Waals surface area (Å²) in [4.78, 5) is 10.2. The highest BCUT2D eigenvalue weighted by Crippen LogP contribution is 2.14. The van der Waals surface area contributed by atoms with E-state index in [9.17, 15) is 10.1 Å². The van der Waals surface area contributed by atoms with Crippen LogP contribution in [0.1, 0.15) is 11.4 Å². The molecule has 1 heterocycles. The monoisotopic (exact) mass is 293 g/mol. The number of rotatable bonds is 4. The summed E-state index contributed by atoms with van der Waals surface area (Å²) in [5, 5.41) is 22.2. The fourth-order valence-electron chi connectivity index (χ4n) is 1.93. The van der Waals surface area contributed by atoms with E-state index in [4.69, 9.17) is 0 Å². The van der Waals surface area contributed by atoms with Crippen LogP contribution in [0.4, 0.5) is 5.69 Å². The van der Waals surface area contributed by atoms with Crippen LogP contribution in [0.5, 0.6) is 0 Å². The van der Waals surface area contributed by atoms with Crippen LogP contribution in [-0.4, -0.2) is 25.1 Å². The van der Waals surface area contributed by atoms with Crippen molar-refractivity contribution in [3.63, 3.8) is 0 Å². The third-order valence-electron chi connectivity index (χ3n) is 3.02. The molecule has 0 aliphatic heterocycles. The van der Waals surface area contributed by atoms with E-state index in [1.807, 2.05) is 30.3 Å². The predicted octanol–water partition coefficient (Wildman–Crippen LogP) is 2.74. The minimum atomic E-state index is -0.427. The molecule has 0 spiro atoms. The van der Waals surface area contributed by atoms with Crippen LogP contribution in [0.25, 0.3) is 17.8 Å². The van der Waals surface area contributed by atoms with Gasteiger partial charge >= 0.3 is 0 Å². The second-order valence-corrected chi connectivity index (χ2v) is 4.47. The SMILES string of the molecule is O=[N+]([O-])c1ccc(/C=C/c2nnnn2-c2ccccc2)cc1. The van der Waals surface area contributed by atoms with Crippen LogP contribution in [-0.2, 0) is 0 Å². The van der Waals surface area contributed by atoms with Crippen LogP contribution >= 0.6 is 0 Å². The summed E-state index contributed by atoms with van der Waals surface area (Å²) >= 11 is 0. The average Bonchev–Trinajstić information content (AvgIpc) is 3.02. The van der Waals surface area contributed by atoms with Crippen molar-refractivity contribution in [1.29, 1.82) is 0 Å². The van der Waals surface area contributed by atoms with E-state index < -0.39 is 4.92 Å². The van der Waals surface area contributed by atoms with E-state index in [0.717, 1.165) is 11.3 Å². The molecule has 7 nitrogen and oxygen atoms in total. The lowest BCUT2D eigenvalue weighted by atomic mass is 10.2. The normalized spacial score (nSPS) is 10.9. The maximum Gasteiger partial charge on any atom is 0.269 e. The van der Waals surface area contributed by atoms with E-state index >= 15 is 0 Å². The maximum atomic E-state index is 10.6. The van der Waals surface area contributed by atoms with Gasteiger partial charge in [-0.1, -0.05) is 24.3 Å². The molecule has 0 atom stereocenters. The van der Waals surface area contributed by atoms with Crippen LogP contribution in [0.3, 0.4) is 0 Å². The molecule has 2 aromatic carbocycles. The van der Waals surface area contributed by atoms with Crippen molar-refractivity contribution in [2.24, 2.45) is 0 Å². The topological polar surface area (TPSA) is 86.7 Å². The zero-order valence-electron chi connectivity index (χ0n) is 11.4. The van der Waals surface area contributed by atoms with Crippen LogP contribution in [0.2, 0.25) is 0 Å². The third-order valence-corrected chi connectivity index (χ3v) is 3.02. The molecular formula is C15H11N5O2. The van der Waals surface area contributed by atoms with Gasteiger partial charge in [0.15, 0.2) is 5.82 Å². The molecule has 0 aliphatic rings. The second-order valence-electron chi connectivity index (χ2n) is 4.47. The number of tetrazole rings is 1. The van der Waals surface area contributed by atoms with Gasteiger partial charge in [0.2, 0.25) is 0 Å². The number of aromatic nitrogens is 4. The zero-order valence-corrected chi connectivity index (χ0v) is 11.4.